The standard InChI is InChI=1S/C15H17N3O4/c1-2-22-14(20)10-18-9-13(19)12(15(18)21)8-16-17-11-6-4-3-5-7-11/h3-7,12H,2,8-10H2,1H3. The highest BCUT2D eigenvalue weighted by atomic mass is 16.5. The first-order valence-corrected chi connectivity index (χ1v) is 7.01. The van der Waals surface area contributed by atoms with Gasteiger partial charge >= 0.3 is 5.97 Å². The molecule has 7 nitrogen and oxygen atoms in total. The van der Waals surface area contributed by atoms with Gasteiger partial charge in [0.25, 0.3) is 0 Å². The van der Waals surface area contributed by atoms with Crippen LogP contribution >= 0.6 is 0 Å². The van der Waals surface area contributed by atoms with Gasteiger partial charge in [-0.1, -0.05) is 18.2 Å². The maximum absolute atomic E-state index is 12.1. The summed E-state index contributed by atoms with van der Waals surface area (Å²) in [6.07, 6.45) is 0. The van der Waals surface area contributed by atoms with Crippen molar-refractivity contribution in [1.29, 1.82) is 0 Å². The van der Waals surface area contributed by atoms with E-state index in [1.807, 2.05) is 18.2 Å². The van der Waals surface area contributed by atoms with Crippen molar-refractivity contribution >= 4 is 23.3 Å². The van der Waals surface area contributed by atoms with Crippen LogP contribution in [0, 0.1) is 5.92 Å². The van der Waals surface area contributed by atoms with Crippen LogP contribution in [-0.4, -0.2) is 48.8 Å². The van der Waals surface area contributed by atoms with Gasteiger partial charge in [0, 0.05) is 0 Å². The third-order valence-electron chi connectivity index (χ3n) is 3.18. The summed E-state index contributed by atoms with van der Waals surface area (Å²) in [4.78, 5) is 36.5. The number of amides is 1. The minimum absolute atomic E-state index is 0.00805. The van der Waals surface area contributed by atoms with E-state index in [-0.39, 0.29) is 32.0 Å². The average Bonchev–Trinajstić information content (AvgIpc) is 2.76. The van der Waals surface area contributed by atoms with E-state index in [4.69, 9.17) is 4.74 Å². The van der Waals surface area contributed by atoms with Crippen molar-refractivity contribution in [3.63, 3.8) is 0 Å². The van der Waals surface area contributed by atoms with Gasteiger partial charge in [-0.05, 0) is 19.1 Å². The summed E-state index contributed by atoms with van der Waals surface area (Å²) in [6.45, 7) is 1.63. The number of azo groups is 1. The molecule has 1 aliphatic heterocycles. The molecule has 0 saturated carbocycles. The van der Waals surface area contributed by atoms with Crippen LogP contribution < -0.4 is 0 Å². The highest BCUT2D eigenvalue weighted by Crippen LogP contribution is 2.17. The molecule has 0 bridgehead atoms. The number of hydrogen-bond acceptors (Lipinski definition) is 6. The fraction of sp³-hybridized carbons (Fsp3) is 0.400. The van der Waals surface area contributed by atoms with Gasteiger partial charge in [-0.25, -0.2) is 0 Å². The number of carbonyl (C=O) groups excluding carboxylic acids is 3. The summed E-state index contributed by atoms with van der Waals surface area (Å²) in [6, 6.07) is 9.04. The van der Waals surface area contributed by atoms with E-state index in [1.54, 1.807) is 19.1 Å². The van der Waals surface area contributed by atoms with Gasteiger partial charge in [0.2, 0.25) is 5.91 Å². The Hall–Kier alpha value is -2.57. The third kappa shape index (κ3) is 3.97. The predicted molar refractivity (Wildman–Crippen MR) is 77.5 cm³/mol. The Morgan fingerprint density at radius 3 is 2.73 bits per heavy atom. The first kappa shape index (κ1) is 15.8. The summed E-state index contributed by atoms with van der Waals surface area (Å²) in [7, 11) is 0. The van der Waals surface area contributed by atoms with Crippen LogP contribution in [-0.2, 0) is 19.1 Å². The Labute approximate surface area is 128 Å². The number of esters is 1. The van der Waals surface area contributed by atoms with Crippen molar-refractivity contribution < 1.29 is 19.1 Å². The maximum Gasteiger partial charge on any atom is 0.325 e. The fourth-order valence-electron chi connectivity index (χ4n) is 2.11. The Balaban J connectivity index is 1.92. The van der Waals surface area contributed by atoms with Gasteiger partial charge in [-0.15, -0.1) is 0 Å². The van der Waals surface area contributed by atoms with Gasteiger partial charge in [0.1, 0.15) is 12.5 Å². The molecule has 1 unspecified atom stereocenters. The number of ether oxygens (including phenoxy) is 1. The molecule has 0 radical (unpaired) electrons. The molecular weight excluding hydrogens is 286 g/mol. The molecule has 1 aromatic carbocycles. The summed E-state index contributed by atoms with van der Waals surface area (Å²) in [5, 5.41) is 7.88. The van der Waals surface area contributed by atoms with Crippen molar-refractivity contribution in [2.24, 2.45) is 16.1 Å². The summed E-state index contributed by atoms with van der Waals surface area (Å²) < 4.78 is 4.78. The molecule has 1 amide bonds. The number of carbonyl (C=O) groups is 3. The van der Waals surface area contributed by atoms with Crippen LogP contribution in [0.3, 0.4) is 0 Å². The normalized spacial score (nSPS) is 18.2. The maximum atomic E-state index is 12.1. The fourth-order valence-corrected chi connectivity index (χ4v) is 2.11. The van der Waals surface area contributed by atoms with E-state index in [1.165, 1.54) is 4.90 Å². The van der Waals surface area contributed by atoms with Crippen molar-refractivity contribution in [3.8, 4) is 0 Å². The van der Waals surface area contributed by atoms with Crippen LogP contribution in [0.25, 0.3) is 0 Å². The topological polar surface area (TPSA) is 88.4 Å². The van der Waals surface area contributed by atoms with Gasteiger partial charge in [-0.2, -0.15) is 10.2 Å². The lowest BCUT2D eigenvalue weighted by atomic mass is 10.1. The zero-order valence-corrected chi connectivity index (χ0v) is 12.3. The van der Waals surface area contributed by atoms with Gasteiger partial charge in [0.05, 0.1) is 25.4 Å². The lowest BCUT2D eigenvalue weighted by Crippen LogP contribution is -2.34. The van der Waals surface area contributed by atoms with Crippen molar-refractivity contribution in [3.05, 3.63) is 30.3 Å². The Kier molecular flexibility index (Phi) is 5.35. The minimum atomic E-state index is -0.859. The van der Waals surface area contributed by atoms with Crippen LogP contribution in [0.5, 0.6) is 0 Å². The molecule has 22 heavy (non-hydrogen) atoms. The number of hydrogen-bond donors (Lipinski definition) is 0. The van der Waals surface area contributed by atoms with Crippen LogP contribution in [0.15, 0.2) is 40.6 Å². The van der Waals surface area contributed by atoms with Crippen molar-refractivity contribution in [1.82, 2.24) is 4.90 Å². The van der Waals surface area contributed by atoms with E-state index < -0.39 is 17.8 Å². The highest BCUT2D eigenvalue weighted by Gasteiger charge is 2.39. The largest absolute Gasteiger partial charge is 0.465 e. The molecule has 1 fully saturated rings. The second-order valence-electron chi connectivity index (χ2n) is 4.78. The molecule has 1 heterocycles. The number of likely N-dealkylation sites (tertiary alicyclic amines) is 1. The molecule has 7 heteroatoms. The van der Waals surface area contributed by atoms with Gasteiger partial charge < -0.3 is 9.64 Å². The quantitative estimate of drug-likeness (QED) is 0.451. The second kappa shape index (κ2) is 7.44. The number of nitrogens with zero attached hydrogens (tertiary/aromatic N) is 3. The SMILES string of the molecule is CCOC(=O)CN1CC(=O)C(CN=Nc2ccccc2)C1=O. The molecular formula is C15H17N3O4. The highest BCUT2D eigenvalue weighted by molar-refractivity contribution is 6.09. The summed E-state index contributed by atoms with van der Waals surface area (Å²) >= 11 is 0. The summed E-state index contributed by atoms with van der Waals surface area (Å²) in [5.41, 5.74) is 0.656. The van der Waals surface area contributed by atoms with Gasteiger partial charge in [0.15, 0.2) is 5.78 Å². The molecule has 1 aliphatic rings. The number of Topliss-reactive ketones (excluding diaryl/α,β-unsaturated/α-hetero) is 1. The molecule has 2 rings (SSSR count). The monoisotopic (exact) mass is 303 g/mol. The lowest BCUT2D eigenvalue weighted by molar-refractivity contribution is -0.148. The molecule has 116 valence electrons. The first-order chi connectivity index (χ1) is 10.6. The average molecular weight is 303 g/mol. The number of benzene rings is 1. The molecule has 0 aromatic heterocycles. The molecule has 1 aromatic rings. The van der Waals surface area contributed by atoms with Crippen molar-refractivity contribution in [2.75, 3.05) is 26.2 Å². The van der Waals surface area contributed by atoms with Crippen LogP contribution in [0.2, 0.25) is 0 Å². The molecule has 1 saturated heterocycles. The Morgan fingerprint density at radius 2 is 2.05 bits per heavy atom. The second-order valence-corrected chi connectivity index (χ2v) is 4.78. The van der Waals surface area contributed by atoms with E-state index in [9.17, 15) is 14.4 Å². The van der Waals surface area contributed by atoms with E-state index >= 15 is 0 Å². The van der Waals surface area contributed by atoms with Gasteiger partial charge in [-0.3, -0.25) is 14.4 Å². The smallest absolute Gasteiger partial charge is 0.325 e. The zero-order valence-electron chi connectivity index (χ0n) is 12.3. The van der Waals surface area contributed by atoms with E-state index in [2.05, 4.69) is 10.2 Å². The lowest BCUT2D eigenvalue weighted by Gasteiger charge is -2.13. The summed E-state index contributed by atoms with van der Waals surface area (Å²) in [5.74, 6) is -2.02. The molecule has 1 atom stereocenters. The zero-order chi connectivity index (χ0) is 15.9. The Bertz CT molecular complexity index is 586. The Morgan fingerprint density at radius 1 is 1.32 bits per heavy atom. The first-order valence-electron chi connectivity index (χ1n) is 7.01. The van der Waals surface area contributed by atoms with Crippen LogP contribution in [0.1, 0.15) is 6.92 Å². The molecule has 0 aliphatic carbocycles. The van der Waals surface area contributed by atoms with Crippen molar-refractivity contribution in [2.45, 2.75) is 6.92 Å². The third-order valence-corrected chi connectivity index (χ3v) is 3.18. The molecule has 0 N–H and O–H groups in total. The number of rotatable bonds is 6. The van der Waals surface area contributed by atoms with E-state index in [0.717, 1.165) is 0 Å². The minimum Gasteiger partial charge on any atom is -0.465 e. The van der Waals surface area contributed by atoms with Crippen LogP contribution in [0.4, 0.5) is 5.69 Å². The van der Waals surface area contributed by atoms with E-state index in [0.29, 0.717) is 5.69 Å². The number of ketones is 1. The predicted octanol–water partition coefficient (Wildman–Crippen LogP) is 1.36. The molecule has 0 spiro atoms.